The normalized spacial score (nSPS) is 11.8. The van der Waals surface area contributed by atoms with Gasteiger partial charge in [0.05, 0.1) is 29.3 Å². The first kappa shape index (κ1) is 20.4. The number of hydrogen-bond donors (Lipinski definition) is 1. The number of carbonyl (C=O) groups is 1. The van der Waals surface area contributed by atoms with Gasteiger partial charge in [-0.3, -0.25) is 24.4 Å². The van der Waals surface area contributed by atoms with Gasteiger partial charge in [0.15, 0.2) is 0 Å². The molecule has 1 atom stereocenters. The first-order valence-corrected chi connectivity index (χ1v) is 10.2. The molecule has 0 aliphatic heterocycles. The number of carbonyl (C=O) groups excluding carboxylic acids is 1. The molecule has 31 heavy (non-hydrogen) atoms. The molecule has 1 N–H and O–H groups in total. The second-order valence-electron chi connectivity index (χ2n) is 7.38. The quantitative estimate of drug-likeness (QED) is 0.512. The summed E-state index contributed by atoms with van der Waals surface area (Å²) in [6.45, 7) is 6.67. The van der Waals surface area contributed by atoms with Crippen LogP contribution in [0.25, 0.3) is 22.5 Å². The molecule has 0 bridgehead atoms. The van der Waals surface area contributed by atoms with Gasteiger partial charge in [0.2, 0.25) is 0 Å². The minimum absolute atomic E-state index is 0.184. The minimum Gasteiger partial charge on any atom is -0.344 e. The Kier molecular flexibility index (Phi) is 5.84. The first-order chi connectivity index (χ1) is 15.0. The van der Waals surface area contributed by atoms with Gasteiger partial charge in [0, 0.05) is 48.0 Å². The van der Waals surface area contributed by atoms with Crippen LogP contribution in [0.4, 0.5) is 0 Å². The van der Waals surface area contributed by atoms with Gasteiger partial charge in [-0.15, -0.1) is 0 Å². The fourth-order valence-electron chi connectivity index (χ4n) is 3.41. The van der Waals surface area contributed by atoms with Crippen molar-refractivity contribution in [3.05, 3.63) is 84.2 Å². The van der Waals surface area contributed by atoms with Crippen LogP contribution in [0.3, 0.4) is 0 Å². The van der Waals surface area contributed by atoms with Gasteiger partial charge < -0.3 is 5.32 Å². The molecule has 0 aliphatic carbocycles. The van der Waals surface area contributed by atoms with Crippen LogP contribution in [0.2, 0.25) is 0 Å². The maximum atomic E-state index is 13.1. The van der Waals surface area contributed by atoms with Crippen molar-refractivity contribution in [3.63, 3.8) is 0 Å². The van der Waals surface area contributed by atoms with Crippen LogP contribution in [0.5, 0.6) is 0 Å². The Bertz CT molecular complexity index is 1180. The Labute approximate surface area is 181 Å². The maximum absolute atomic E-state index is 13.1. The van der Waals surface area contributed by atoms with E-state index in [1.807, 2.05) is 68.0 Å². The molecule has 0 saturated carbocycles. The molecule has 1 amide bonds. The molecule has 3 aromatic heterocycles. The highest BCUT2D eigenvalue weighted by molar-refractivity contribution is 5.97. The second-order valence-corrected chi connectivity index (χ2v) is 7.38. The van der Waals surface area contributed by atoms with Crippen LogP contribution >= 0.6 is 0 Å². The van der Waals surface area contributed by atoms with Gasteiger partial charge in [0.25, 0.3) is 5.91 Å². The lowest BCUT2D eigenvalue weighted by molar-refractivity contribution is 0.0939. The van der Waals surface area contributed by atoms with Crippen LogP contribution in [-0.2, 0) is 6.54 Å². The van der Waals surface area contributed by atoms with Crippen molar-refractivity contribution in [3.8, 4) is 22.5 Å². The van der Waals surface area contributed by atoms with E-state index in [9.17, 15) is 4.79 Å². The van der Waals surface area contributed by atoms with Crippen molar-refractivity contribution in [2.24, 2.45) is 0 Å². The lowest BCUT2D eigenvalue weighted by Crippen LogP contribution is -2.27. The average Bonchev–Trinajstić information content (AvgIpc) is 3.29. The molecular weight excluding hydrogens is 388 g/mol. The molecule has 0 aliphatic rings. The van der Waals surface area contributed by atoms with Crippen molar-refractivity contribution in [1.29, 1.82) is 0 Å². The van der Waals surface area contributed by atoms with E-state index in [0.717, 1.165) is 34.6 Å². The SMILES string of the molecule is CCn1nccc1-c1cc(C(=O)NC(C)c2cnccn2)cc(-c2ccc(C)cn2)c1. The topological polar surface area (TPSA) is 85.6 Å². The van der Waals surface area contributed by atoms with E-state index in [1.54, 1.807) is 24.8 Å². The number of pyridine rings is 1. The molecule has 1 aromatic carbocycles. The predicted molar refractivity (Wildman–Crippen MR) is 119 cm³/mol. The zero-order valence-corrected chi connectivity index (χ0v) is 17.8. The summed E-state index contributed by atoms with van der Waals surface area (Å²) in [5.41, 5.74) is 5.89. The van der Waals surface area contributed by atoms with E-state index in [0.29, 0.717) is 11.3 Å². The van der Waals surface area contributed by atoms with E-state index in [1.165, 1.54) is 0 Å². The highest BCUT2D eigenvalue weighted by Crippen LogP contribution is 2.28. The van der Waals surface area contributed by atoms with Crippen LogP contribution in [-0.4, -0.2) is 30.6 Å². The van der Waals surface area contributed by atoms with Gasteiger partial charge in [0.1, 0.15) is 0 Å². The predicted octanol–water partition coefficient (Wildman–Crippen LogP) is 4.22. The van der Waals surface area contributed by atoms with Gasteiger partial charge in [-0.2, -0.15) is 5.10 Å². The molecule has 0 radical (unpaired) electrons. The van der Waals surface area contributed by atoms with Crippen molar-refractivity contribution in [1.82, 2.24) is 30.0 Å². The van der Waals surface area contributed by atoms with Crippen molar-refractivity contribution in [2.75, 3.05) is 0 Å². The minimum atomic E-state index is -0.271. The van der Waals surface area contributed by atoms with E-state index in [4.69, 9.17) is 0 Å². The second kappa shape index (κ2) is 8.87. The number of nitrogens with zero attached hydrogens (tertiary/aromatic N) is 5. The van der Waals surface area contributed by atoms with E-state index in [-0.39, 0.29) is 11.9 Å². The van der Waals surface area contributed by atoms with Gasteiger partial charge in [-0.1, -0.05) is 6.07 Å². The summed E-state index contributed by atoms with van der Waals surface area (Å²) in [4.78, 5) is 26.1. The third-order valence-electron chi connectivity index (χ3n) is 5.09. The average molecular weight is 412 g/mol. The number of hydrogen-bond acceptors (Lipinski definition) is 5. The zero-order valence-electron chi connectivity index (χ0n) is 17.8. The van der Waals surface area contributed by atoms with Gasteiger partial charge in [-0.05, 0) is 56.7 Å². The highest BCUT2D eigenvalue weighted by atomic mass is 16.1. The maximum Gasteiger partial charge on any atom is 0.251 e. The molecule has 156 valence electrons. The Morgan fingerprint density at radius 3 is 2.58 bits per heavy atom. The largest absolute Gasteiger partial charge is 0.344 e. The molecule has 0 saturated heterocycles. The summed E-state index contributed by atoms with van der Waals surface area (Å²) >= 11 is 0. The van der Waals surface area contributed by atoms with Crippen molar-refractivity contribution >= 4 is 5.91 Å². The first-order valence-electron chi connectivity index (χ1n) is 10.2. The Hall–Kier alpha value is -3.87. The van der Waals surface area contributed by atoms with Crippen molar-refractivity contribution < 1.29 is 4.79 Å². The lowest BCUT2D eigenvalue weighted by Gasteiger charge is -2.15. The molecule has 0 spiro atoms. The Balaban J connectivity index is 1.74. The zero-order chi connectivity index (χ0) is 21.8. The fraction of sp³-hybridized carbons (Fsp3) is 0.208. The number of benzene rings is 1. The highest BCUT2D eigenvalue weighted by Gasteiger charge is 2.16. The molecule has 3 heterocycles. The molecular formula is C24H24N6O. The number of aryl methyl sites for hydroxylation is 2. The summed E-state index contributed by atoms with van der Waals surface area (Å²) in [5.74, 6) is -0.184. The summed E-state index contributed by atoms with van der Waals surface area (Å²) in [5, 5.41) is 7.39. The molecule has 0 fully saturated rings. The molecule has 4 rings (SSSR count). The van der Waals surface area contributed by atoms with Crippen LogP contribution in [0.1, 0.15) is 41.5 Å². The third-order valence-corrected chi connectivity index (χ3v) is 5.09. The van der Waals surface area contributed by atoms with Crippen molar-refractivity contribution in [2.45, 2.75) is 33.4 Å². The fourth-order valence-corrected chi connectivity index (χ4v) is 3.41. The monoisotopic (exact) mass is 412 g/mol. The Morgan fingerprint density at radius 1 is 1.03 bits per heavy atom. The third kappa shape index (κ3) is 4.50. The van der Waals surface area contributed by atoms with Crippen LogP contribution in [0, 0.1) is 6.92 Å². The number of nitrogens with one attached hydrogen (secondary N) is 1. The number of amides is 1. The van der Waals surface area contributed by atoms with Crippen LogP contribution in [0.15, 0.2) is 67.4 Å². The van der Waals surface area contributed by atoms with E-state index < -0.39 is 0 Å². The summed E-state index contributed by atoms with van der Waals surface area (Å²) < 4.78 is 1.91. The van der Waals surface area contributed by atoms with Gasteiger partial charge in [-0.25, -0.2) is 0 Å². The molecule has 7 heteroatoms. The van der Waals surface area contributed by atoms with Crippen LogP contribution < -0.4 is 5.32 Å². The van der Waals surface area contributed by atoms with Gasteiger partial charge >= 0.3 is 0 Å². The summed E-state index contributed by atoms with van der Waals surface area (Å²) in [6.07, 6.45) is 8.48. The van der Waals surface area contributed by atoms with E-state index in [2.05, 4.69) is 25.4 Å². The number of rotatable bonds is 6. The lowest BCUT2D eigenvalue weighted by atomic mass is 10.00. The molecule has 1 unspecified atom stereocenters. The molecule has 4 aromatic rings. The summed E-state index contributed by atoms with van der Waals surface area (Å²) in [6, 6.07) is 11.5. The molecule has 7 nitrogen and oxygen atoms in total. The standard InChI is InChI=1S/C24H24N6O/c1-4-30-23(7-8-28-30)19-11-18(21-6-5-16(2)14-27-21)12-20(13-19)24(31)29-17(3)22-15-25-9-10-26-22/h5-15,17H,4H2,1-3H3,(H,29,31). The van der Waals surface area contributed by atoms with E-state index >= 15 is 0 Å². The summed E-state index contributed by atoms with van der Waals surface area (Å²) in [7, 11) is 0. The smallest absolute Gasteiger partial charge is 0.251 e. The number of aromatic nitrogens is 5. The Morgan fingerprint density at radius 2 is 1.87 bits per heavy atom.